The molecule has 0 heterocycles. The van der Waals surface area contributed by atoms with Crippen LogP contribution in [-0.2, 0) is 19.3 Å². The highest BCUT2D eigenvalue weighted by molar-refractivity contribution is 5.57. The predicted molar refractivity (Wildman–Crippen MR) is 187 cm³/mol. The zero-order valence-corrected chi connectivity index (χ0v) is 29.7. The minimum Gasteiger partial charge on any atom is -0.502 e. The van der Waals surface area contributed by atoms with Crippen molar-refractivity contribution in [2.24, 2.45) is 5.92 Å². The van der Waals surface area contributed by atoms with Crippen molar-refractivity contribution in [3.8, 4) is 69.0 Å². The Balaban J connectivity index is 1.93. The van der Waals surface area contributed by atoms with Crippen LogP contribution in [0.15, 0.2) is 48.5 Å². The van der Waals surface area contributed by atoms with Crippen LogP contribution in [0.5, 0.6) is 69.0 Å². The van der Waals surface area contributed by atoms with E-state index >= 15 is 0 Å². The number of hydrogen-bond donors (Lipinski definition) is 4. The molecule has 50 heavy (non-hydrogen) atoms. The van der Waals surface area contributed by atoms with Gasteiger partial charge in [0.2, 0.25) is 23.0 Å². The Morgan fingerprint density at radius 3 is 1.00 bits per heavy atom. The van der Waals surface area contributed by atoms with Crippen LogP contribution in [0.25, 0.3) is 0 Å². The van der Waals surface area contributed by atoms with Gasteiger partial charge in [-0.1, -0.05) is 0 Å². The van der Waals surface area contributed by atoms with Crippen molar-refractivity contribution in [1.29, 1.82) is 0 Å². The normalized spacial score (nSPS) is 12.1. The third-order valence-electron chi connectivity index (χ3n) is 8.88. The van der Waals surface area contributed by atoms with Gasteiger partial charge in [-0.3, -0.25) is 0 Å². The van der Waals surface area contributed by atoms with Crippen LogP contribution in [0.3, 0.4) is 0 Å². The number of phenols is 4. The summed E-state index contributed by atoms with van der Waals surface area (Å²) in [5.41, 5.74) is 3.33. The van der Waals surface area contributed by atoms with Gasteiger partial charge in [0.15, 0.2) is 46.0 Å². The number of phenolic OH excluding ortho intramolecular Hbond substituents is 4. The molecule has 0 aliphatic rings. The molecule has 4 rings (SSSR count). The Kier molecular flexibility index (Phi) is 12.5. The van der Waals surface area contributed by atoms with E-state index in [-0.39, 0.29) is 80.8 Å². The van der Waals surface area contributed by atoms with Gasteiger partial charge in [0.05, 0.1) is 56.9 Å². The Hall–Kier alpha value is -5.52. The first-order chi connectivity index (χ1) is 24.0. The fraction of sp³-hybridized carbons (Fsp3) is 0.368. The van der Waals surface area contributed by atoms with Gasteiger partial charge >= 0.3 is 0 Å². The summed E-state index contributed by atoms with van der Waals surface area (Å²) in [6, 6.07) is 14.2. The highest BCUT2D eigenvalue weighted by atomic mass is 16.5. The molecule has 0 aliphatic carbocycles. The molecule has 0 unspecified atom stereocenters. The van der Waals surface area contributed by atoms with Crippen molar-refractivity contribution < 1.29 is 58.3 Å². The van der Waals surface area contributed by atoms with Gasteiger partial charge < -0.3 is 58.3 Å². The highest BCUT2D eigenvalue weighted by Crippen LogP contribution is 2.46. The highest BCUT2D eigenvalue weighted by Gasteiger charge is 2.29. The minimum atomic E-state index is -0.274. The lowest BCUT2D eigenvalue weighted by Gasteiger charge is -2.30. The standard InChI is InChI=1S/C38H46O12/c1-43-27-13-21(14-28(44-2)35(27)39)9-10-24(11-22-15-29(45-3)36(40)30(16-22)46-4)26(25-19-33(49-7)38(42)34(20-25)50-8)12-23-17-31(47-5)37(41)32(18-23)48-6/h13-20,24,26,39-42H,9-12H2,1-8H3/t24-,26-/m1/s1. The van der Waals surface area contributed by atoms with Crippen molar-refractivity contribution in [2.75, 3.05) is 56.9 Å². The average molecular weight is 695 g/mol. The molecule has 0 amide bonds. The zero-order chi connectivity index (χ0) is 36.5. The molecular weight excluding hydrogens is 648 g/mol. The Morgan fingerprint density at radius 2 is 0.680 bits per heavy atom. The maximum Gasteiger partial charge on any atom is 0.200 e. The van der Waals surface area contributed by atoms with E-state index in [2.05, 4.69) is 0 Å². The first kappa shape index (κ1) is 37.3. The molecule has 0 saturated carbocycles. The van der Waals surface area contributed by atoms with Gasteiger partial charge in [0.25, 0.3) is 0 Å². The topological polar surface area (TPSA) is 155 Å². The van der Waals surface area contributed by atoms with Crippen LogP contribution in [-0.4, -0.2) is 77.3 Å². The third-order valence-corrected chi connectivity index (χ3v) is 8.88. The summed E-state index contributed by atoms with van der Waals surface area (Å²) in [6.45, 7) is 0. The molecule has 12 nitrogen and oxygen atoms in total. The molecule has 12 heteroatoms. The lowest BCUT2D eigenvalue weighted by Crippen LogP contribution is -2.20. The van der Waals surface area contributed by atoms with Gasteiger partial charge in [-0.15, -0.1) is 0 Å². The van der Waals surface area contributed by atoms with Crippen molar-refractivity contribution >= 4 is 0 Å². The number of benzene rings is 4. The Bertz CT molecular complexity index is 1670. The van der Waals surface area contributed by atoms with E-state index in [1.165, 1.54) is 56.9 Å². The van der Waals surface area contributed by atoms with E-state index in [1.54, 1.807) is 48.5 Å². The van der Waals surface area contributed by atoms with Crippen molar-refractivity contribution in [3.63, 3.8) is 0 Å². The molecule has 0 bridgehead atoms. The van der Waals surface area contributed by atoms with Crippen LogP contribution in [0.4, 0.5) is 0 Å². The van der Waals surface area contributed by atoms with E-state index in [4.69, 9.17) is 37.9 Å². The molecule has 0 aromatic heterocycles. The molecule has 0 aliphatic heterocycles. The molecule has 0 fully saturated rings. The second kappa shape index (κ2) is 16.7. The van der Waals surface area contributed by atoms with Gasteiger partial charge in [0, 0.05) is 0 Å². The van der Waals surface area contributed by atoms with Crippen molar-refractivity contribution in [3.05, 3.63) is 70.8 Å². The molecule has 4 N–H and O–H groups in total. The van der Waals surface area contributed by atoms with Crippen LogP contribution in [0, 0.1) is 5.92 Å². The van der Waals surface area contributed by atoms with Gasteiger partial charge in [-0.25, -0.2) is 0 Å². The molecule has 2 atom stereocenters. The summed E-state index contributed by atoms with van der Waals surface area (Å²) >= 11 is 0. The maximum absolute atomic E-state index is 10.8. The summed E-state index contributed by atoms with van der Waals surface area (Å²) in [5.74, 6) is 1.25. The van der Waals surface area contributed by atoms with Crippen molar-refractivity contribution in [2.45, 2.75) is 31.6 Å². The SMILES string of the molecule is COc1cc(CC[C@H](Cc2cc(OC)c(O)c(OC)c2)[C@@H](Cc2cc(OC)c(O)c(OC)c2)c2cc(OC)c(O)c(OC)c2)cc(OC)c1O. The second-order valence-corrected chi connectivity index (χ2v) is 11.6. The fourth-order valence-electron chi connectivity index (χ4n) is 6.26. The van der Waals surface area contributed by atoms with Gasteiger partial charge in [-0.05, 0) is 108 Å². The number of ether oxygens (including phenoxy) is 8. The zero-order valence-electron chi connectivity index (χ0n) is 29.7. The number of aromatic hydroxyl groups is 4. The van der Waals surface area contributed by atoms with Gasteiger partial charge in [-0.2, -0.15) is 0 Å². The summed E-state index contributed by atoms with van der Waals surface area (Å²) in [4.78, 5) is 0. The van der Waals surface area contributed by atoms with Crippen LogP contribution in [0.1, 0.15) is 34.6 Å². The summed E-state index contributed by atoms with van der Waals surface area (Å²) < 4.78 is 43.9. The Morgan fingerprint density at radius 1 is 0.400 bits per heavy atom. The summed E-state index contributed by atoms with van der Waals surface area (Å²) in [6.07, 6.45) is 2.07. The smallest absolute Gasteiger partial charge is 0.200 e. The van der Waals surface area contributed by atoms with E-state index in [9.17, 15) is 20.4 Å². The van der Waals surface area contributed by atoms with E-state index in [0.717, 1.165) is 22.3 Å². The third kappa shape index (κ3) is 8.02. The van der Waals surface area contributed by atoms with Gasteiger partial charge in [0.1, 0.15) is 0 Å². The molecule has 0 saturated heterocycles. The first-order valence-corrected chi connectivity index (χ1v) is 15.8. The number of rotatable bonds is 17. The maximum atomic E-state index is 10.8. The van der Waals surface area contributed by atoms with Crippen LogP contribution < -0.4 is 37.9 Å². The van der Waals surface area contributed by atoms with Crippen LogP contribution in [0.2, 0.25) is 0 Å². The number of methoxy groups -OCH3 is 8. The lowest BCUT2D eigenvalue weighted by atomic mass is 9.75. The summed E-state index contributed by atoms with van der Waals surface area (Å²) in [5, 5.41) is 42.7. The predicted octanol–water partition coefficient (Wildman–Crippen LogP) is 6.40. The minimum absolute atomic E-state index is 0.0880. The molecule has 0 spiro atoms. The number of aryl methyl sites for hydroxylation is 1. The summed E-state index contributed by atoms with van der Waals surface area (Å²) in [7, 11) is 11.8. The van der Waals surface area contributed by atoms with E-state index in [1.807, 2.05) is 0 Å². The second-order valence-electron chi connectivity index (χ2n) is 11.6. The first-order valence-electron chi connectivity index (χ1n) is 15.8. The fourth-order valence-corrected chi connectivity index (χ4v) is 6.26. The molecule has 4 aromatic carbocycles. The lowest BCUT2D eigenvalue weighted by molar-refractivity contribution is 0.331. The van der Waals surface area contributed by atoms with Crippen LogP contribution >= 0.6 is 0 Å². The average Bonchev–Trinajstić information content (AvgIpc) is 3.13. The van der Waals surface area contributed by atoms with Crippen molar-refractivity contribution in [1.82, 2.24) is 0 Å². The molecule has 270 valence electrons. The molecular formula is C38H46O12. The molecule has 4 aromatic rings. The largest absolute Gasteiger partial charge is 0.502 e. The van der Waals surface area contributed by atoms with E-state index in [0.29, 0.717) is 25.7 Å². The molecule has 0 radical (unpaired) electrons. The monoisotopic (exact) mass is 694 g/mol. The number of hydrogen-bond acceptors (Lipinski definition) is 12. The Labute approximate surface area is 292 Å². The quantitative estimate of drug-likeness (QED) is 0.0968. The van der Waals surface area contributed by atoms with E-state index < -0.39 is 0 Å².